The van der Waals surface area contributed by atoms with Crippen LogP contribution in [0.2, 0.25) is 0 Å². The summed E-state index contributed by atoms with van der Waals surface area (Å²) >= 11 is 0. The van der Waals surface area contributed by atoms with E-state index in [1.165, 1.54) is 54.6 Å². The molecule has 0 saturated heterocycles. The summed E-state index contributed by atoms with van der Waals surface area (Å²) < 4.78 is 6.24. The zero-order valence-electron chi connectivity index (χ0n) is 30.6. The molecule has 2 heteroatoms. The van der Waals surface area contributed by atoms with E-state index in [-0.39, 0.29) is 0 Å². The topological polar surface area (TPSA) is 16.4 Å². The van der Waals surface area contributed by atoms with E-state index in [0.29, 0.717) is 0 Å². The zero-order chi connectivity index (χ0) is 37.0. The molecule has 2 nitrogen and oxygen atoms in total. The minimum absolute atomic E-state index is 0.902. The van der Waals surface area contributed by atoms with E-state index in [9.17, 15) is 0 Å². The highest BCUT2D eigenvalue weighted by Gasteiger charge is 2.16. The molecule has 0 fully saturated rings. The number of rotatable bonds is 6. The molecule has 262 valence electrons. The summed E-state index contributed by atoms with van der Waals surface area (Å²) in [6.45, 7) is 0. The third-order valence-corrected chi connectivity index (χ3v) is 11.2. The molecule has 0 unspecified atom stereocenters. The summed E-state index contributed by atoms with van der Waals surface area (Å²) in [7, 11) is 0. The maximum Gasteiger partial charge on any atom is 0.136 e. The fourth-order valence-corrected chi connectivity index (χ4v) is 8.44. The van der Waals surface area contributed by atoms with Crippen LogP contribution in [0.25, 0.3) is 87.6 Å². The zero-order valence-corrected chi connectivity index (χ0v) is 30.6. The van der Waals surface area contributed by atoms with Crippen molar-refractivity contribution < 1.29 is 4.42 Å². The number of nitrogens with zero attached hydrogens (tertiary/aromatic N) is 1. The van der Waals surface area contributed by atoms with Gasteiger partial charge in [0, 0.05) is 27.8 Å². The summed E-state index contributed by atoms with van der Waals surface area (Å²) in [6.07, 6.45) is 0. The fourth-order valence-electron chi connectivity index (χ4n) is 8.44. The second kappa shape index (κ2) is 13.2. The molecular formula is C54H35NO. The first-order valence-electron chi connectivity index (χ1n) is 19.2. The Labute approximate surface area is 325 Å². The van der Waals surface area contributed by atoms with Crippen molar-refractivity contribution in [2.45, 2.75) is 0 Å². The van der Waals surface area contributed by atoms with Crippen molar-refractivity contribution in [1.29, 1.82) is 0 Å². The van der Waals surface area contributed by atoms with Gasteiger partial charge in [-0.2, -0.15) is 0 Å². The summed E-state index contributed by atoms with van der Waals surface area (Å²) in [6, 6.07) is 76.6. The van der Waals surface area contributed by atoms with E-state index in [4.69, 9.17) is 4.42 Å². The van der Waals surface area contributed by atoms with Crippen molar-refractivity contribution in [3.63, 3.8) is 0 Å². The summed E-state index contributed by atoms with van der Waals surface area (Å²) in [4.78, 5) is 2.36. The van der Waals surface area contributed by atoms with Gasteiger partial charge >= 0.3 is 0 Å². The van der Waals surface area contributed by atoms with Gasteiger partial charge in [0.05, 0.1) is 0 Å². The fraction of sp³-hybridized carbons (Fsp3) is 0. The third kappa shape index (κ3) is 5.51. The van der Waals surface area contributed by atoms with Crippen LogP contribution in [0, 0.1) is 0 Å². The molecule has 11 aromatic rings. The lowest BCUT2D eigenvalue weighted by molar-refractivity contribution is 0.669. The number of anilines is 3. The van der Waals surface area contributed by atoms with E-state index in [0.717, 1.165) is 50.1 Å². The van der Waals surface area contributed by atoms with Crippen LogP contribution in [-0.4, -0.2) is 0 Å². The van der Waals surface area contributed by atoms with Crippen LogP contribution in [-0.2, 0) is 0 Å². The lowest BCUT2D eigenvalue weighted by Crippen LogP contribution is -2.10. The molecule has 0 aliphatic heterocycles. The van der Waals surface area contributed by atoms with Gasteiger partial charge in [-0.25, -0.2) is 0 Å². The monoisotopic (exact) mass is 713 g/mol. The van der Waals surface area contributed by atoms with E-state index in [1.54, 1.807) is 0 Å². The molecule has 0 radical (unpaired) electrons. The van der Waals surface area contributed by atoms with E-state index >= 15 is 0 Å². The first-order valence-corrected chi connectivity index (χ1v) is 19.2. The van der Waals surface area contributed by atoms with E-state index < -0.39 is 0 Å². The lowest BCUT2D eigenvalue weighted by Gasteiger charge is -2.26. The average molecular weight is 714 g/mol. The maximum absolute atomic E-state index is 6.24. The molecule has 0 saturated carbocycles. The first-order chi connectivity index (χ1) is 27.7. The molecule has 0 aliphatic rings. The largest absolute Gasteiger partial charge is 0.456 e. The Kier molecular flexibility index (Phi) is 7.53. The molecule has 0 amide bonds. The molecule has 1 heterocycles. The van der Waals surface area contributed by atoms with Crippen molar-refractivity contribution in [1.82, 2.24) is 0 Å². The Morgan fingerprint density at radius 1 is 0.268 bits per heavy atom. The SMILES string of the molecule is c1cc(-c2cccc3ccccc23)cc(N(c2ccc(-c3ccc4c(ccc5ccccc54)c3)cc2)c2ccc(-c3ccc4c(c3)oc3ccccc34)cc2)c1. The molecule has 10 aromatic carbocycles. The van der Waals surface area contributed by atoms with Crippen LogP contribution in [0.15, 0.2) is 217 Å². The minimum atomic E-state index is 0.902. The highest BCUT2D eigenvalue weighted by molar-refractivity contribution is 6.09. The highest BCUT2D eigenvalue weighted by Crippen LogP contribution is 2.40. The molecule has 0 spiro atoms. The predicted molar refractivity (Wildman–Crippen MR) is 237 cm³/mol. The number of hydrogen-bond donors (Lipinski definition) is 0. The Balaban J connectivity index is 0.992. The summed E-state index contributed by atoms with van der Waals surface area (Å²) in [5.41, 5.74) is 12.1. The molecule has 0 aliphatic carbocycles. The van der Waals surface area contributed by atoms with Crippen LogP contribution in [0.3, 0.4) is 0 Å². The number of para-hydroxylation sites is 1. The average Bonchev–Trinajstić information content (AvgIpc) is 3.65. The highest BCUT2D eigenvalue weighted by atomic mass is 16.3. The molecular weight excluding hydrogens is 679 g/mol. The Hall–Kier alpha value is -7.42. The van der Waals surface area contributed by atoms with Crippen molar-refractivity contribution in [2.75, 3.05) is 4.90 Å². The lowest BCUT2D eigenvalue weighted by atomic mass is 9.97. The minimum Gasteiger partial charge on any atom is -0.456 e. The van der Waals surface area contributed by atoms with Gasteiger partial charge in [-0.3, -0.25) is 0 Å². The Morgan fingerprint density at radius 2 is 0.804 bits per heavy atom. The van der Waals surface area contributed by atoms with Crippen molar-refractivity contribution in [3.8, 4) is 33.4 Å². The predicted octanol–water partition coefficient (Wildman–Crippen LogP) is 15.5. The second-order valence-electron chi connectivity index (χ2n) is 14.5. The summed E-state index contributed by atoms with van der Waals surface area (Å²) in [5, 5.41) is 9.85. The van der Waals surface area contributed by atoms with Crippen LogP contribution in [0.5, 0.6) is 0 Å². The van der Waals surface area contributed by atoms with E-state index in [1.807, 2.05) is 12.1 Å². The van der Waals surface area contributed by atoms with Gasteiger partial charge in [0.15, 0.2) is 0 Å². The first kappa shape index (κ1) is 32.0. The third-order valence-electron chi connectivity index (χ3n) is 11.2. The van der Waals surface area contributed by atoms with Gasteiger partial charge in [0.2, 0.25) is 0 Å². The van der Waals surface area contributed by atoms with Gasteiger partial charge in [-0.15, -0.1) is 0 Å². The number of fused-ring (bicyclic) bond motifs is 7. The Bertz CT molecular complexity index is 3240. The van der Waals surface area contributed by atoms with Gasteiger partial charge in [0.25, 0.3) is 0 Å². The van der Waals surface area contributed by atoms with Crippen molar-refractivity contribution >= 4 is 71.3 Å². The van der Waals surface area contributed by atoms with Crippen molar-refractivity contribution in [2.24, 2.45) is 0 Å². The number of hydrogen-bond acceptors (Lipinski definition) is 2. The molecule has 1 aromatic heterocycles. The molecule has 0 atom stereocenters. The van der Waals surface area contributed by atoms with Crippen molar-refractivity contribution in [3.05, 3.63) is 212 Å². The number of benzene rings is 10. The standard InChI is InChI=1S/C54H35NO/c1-3-14-47-38(9-1)11-8-17-49(47)42-12-7-13-46(34-42)55(45-29-23-37(24-30-45)41-26-32-52-51-16-5-6-18-53(51)56-54(52)35-41)44-27-21-36(22-28-44)40-25-31-50-43(33-40)20-19-39-10-2-4-15-48(39)50/h1-35H. The van der Waals surface area contributed by atoms with Crippen LogP contribution >= 0.6 is 0 Å². The molecule has 56 heavy (non-hydrogen) atoms. The summed E-state index contributed by atoms with van der Waals surface area (Å²) in [5.74, 6) is 0. The van der Waals surface area contributed by atoms with Gasteiger partial charge in [0.1, 0.15) is 11.2 Å². The van der Waals surface area contributed by atoms with Gasteiger partial charge in [-0.05, 0) is 126 Å². The normalized spacial score (nSPS) is 11.6. The van der Waals surface area contributed by atoms with Gasteiger partial charge in [-0.1, -0.05) is 152 Å². The maximum atomic E-state index is 6.24. The van der Waals surface area contributed by atoms with Crippen LogP contribution in [0.4, 0.5) is 17.1 Å². The number of furan rings is 1. The molecule has 11 rings (SSSR count). The van der Waals surface area contributed by atoms with E-state index in [2.05, 4.69) is 205 Å². The van der Waals surface area contributed by atoms with Gasteiger partial charge < -0.3 is 9.32 Å². The molecule has 0 bridgehead atoms. The molecule has 0 N–H and O–H groups in total. The van der Waals surface area contributed by atoms with Crippen LogP contribution < -0.4 is 4.90 Å². The Morgan fingerprint density at radius 3 is 1.57 bits per heavy atom. The second-order valence-corrected chi connectivity index (χ2v) is 14.5. The smallest absolute Gasteiger partial charge is 0.136 e. The van der Waals surface area contributed by atoms with Crippen LogP contribution in [0.1, 0.15) is 0 Å². The quantitative estimate of drug-likeness (QED) is 0.160.